The lowest BCUT2D eigenvalue weighted by Gasteiger charge is -2.22. The van der Waals surface area contributed by atoms with E-state index in [1.54, 1.807) is 48.1 Å². The summed E-state index contributed by atoms with van der Waals surface area (Å²) in [4.78, 5) is 24.7. The van der Waals surface area contributed by atoms with Gasteiger partial charge in [0, 0.05) is 18.3 Å². The Labute approximate surface area is 161 Å². The second-order valence-corrected chi connectivity index (χ2v) is 6.80. The van der Waals surface area contributed by atoms with E-state index in [2.05, 4.69) is 20.9 Å². The molecule has 1 amide bonds. The average molecular weight is 379 g/mol. The summed E-state index contributed by atoms with van der Waals surface area (Å²) in [7, 11) is 1.80. The van der Waals surface area contributed by atoms with Gasteiger partial charge in [-0.25, -0.2) is 9.48 Å². The first-order chi connectivity index (χ1) is 13.6. The van der Waals surface area contributed by atoms with Crippen LogP contribution in [0, 0.1) is 0 Å². The lowest BCUT2D eigenvalue weighted by Crippen LogP contribution is -2.33. The highest BCUT2D eigenvalue weighted by molar-refractivity contribution is 6.06. The summed E-state index contributed by atoms with van der Waals surface area (Å²) in [5.41, 5.74) is 3.07. The molecule has 0 saturated carbocycles. The van der Waals surface area contributed by atoms with Gasteiger partial charge in [0.25, 0.3) is 5.91 Å². The number of carbonyl (C=O) groups is 2. The number of hydrogen-bond donors (Lipinski definition) is 2. The number of rotatable bonds is 4. The summed E-state index contributed by atoms with van der Waals surface area (Å²) in [5, 5.41) is 14.0. The molecule has 0 radical (unpaired) electrons. The van der Waals surface area contributed by atoms with E-state index in [1.165, 1.54) is 0 Å². The Hall–Kier alpha value is -3.26. The van der Waals surface area contributed by atoms with Crippen molar-refractivity contribution in [2.45, 2.75) is 18.9 Å². The maximum atomic E-state index is 12.5. The van der Waals surface area contributed by atoms with Crippen LogP contribution in [0.1, 0.15) is 33.6 Å². The monoisotopic (exact) mass is 379 g/mol. The quantitative estimate of drug-likeness (QED) is 0.674. The number of anilines is 1. The molecule has 1 aliphatic rings. The molecule has 144 valence electrons. The molecule has 1 aliphatic heterocycles. The van der Waals surface area contributed by atoms with Crippen molar-refractivity contribution < 1.29 is 14.3 Å². The fourth-order valence-electron chi connectivity index (χ4n) is 3.21. The van der Waals surface area contributed by atoms with Crippen LogP contribution >= 0.6 is 0 Å². The van der Waals surface area contributed by atoms with Crippen molar-refractivity contribution in [1.82, 2.24) is 20.3 Å². The molecule has 1 saturated heterocycles. The summed E-state index contributed by atoms with van der Waals surface area (Å²) in [5.74, 6) is -0.588. The molecule has 0 aliphatic carbocycles. The number of aromatic nitrogens is 3. The average Bonchev–Trinajstić information content (AvgIpc) is 3.09. The second-order valence-electron chi connectivity index (χ2n) is 6.80. The first kappa shape index (κ1) is 18.1. The van der Waals surface area contributed by atoms with Gasteiger partial charge in [0.1, 0.15) is 11.6 Å². The zero-order chi connectivity index (χ0) is 19.5. The molecule has 0 atom stereocenters. The fraction of sp³-hybridized carbons (Fsp3) is 0.300. The summed E-state index contributed by atoms with van der Waals surface area (Å²) in [6.45, 7) is 1.73. The zero-order valence-corrected chi connectivity index (χ0v) is 15.5. The summed E-state index contributed by atoms with van der Waals surface area (Å²) < 4.78 is 7.18. The number of amides is 1. The minimum Gasteiger partial charge on any atom is -0.459 e. The molecule has 28 heavy (non-hydrogen) atoms. The van der Waals surface area contributed by atoms with E-state index in [9.17, 15) is 9.59 Å². The van der Waals surface area contributed by atoms with Gasteiger partial charge in [0.15, 0.2) is 0 Å². The molecule has 3 aromatic rings. The number of piperidine rings is 1. The summed E-state index contributed by atoms with van der Waals surface area (Å²) >= 11 is 0. The third kappa shape index (κ3) is 3.86. The van der Waals surface area contributed by atoms with Crippen LogP contribution in [0.2, 0.25) is 0 Å². The zero-order valence-electron chi connectivity index (χ0n) is 15.5. The number of hydrogen-bond acceptors (Lipinski definition) is 6. The van der Waals surface area contributed by atoms with Crippen LogP contribution < -0.4 is 10.6 Å². The van der Waals surface area contributed by atoms with Gasteiger partial charge in [-0.15, -0.1) is 5.10 Å². The van der Waals surface area contributed by atoms with Gasteiger partial charge < -0.3 is 15.4 Å². The molecule has 2 heterocycles. The van der Waals surface area contributed by atoms with E-state index in [4.69, 9.17) is 4.74 Å². The van der Waals surface area contributed by atoms with Crippen LogP contribution in [0.25, 0.3) is 11.0 Å². The van der Waals surface area contributed by atoms with E-state index in [0.717, 1.165) is 31.4 Å². The predicted octanol–water partition coefficient (Wildman–Crippen LogP) is 2.13. The van der Waals surface area contributed by atoms with Crippen molar-refractivity contribution in [2.24, 2.45) is 7.05 Å². The molecular weight excluding hydrogens is 358 g/mol. The lowest BCUT2D eigenvalue weighted by atomic mass is 10.1. The Bertz CT molecular complexity index is 1010. The lowest BCUT2D eigenvalue weighted by molar-refractivity contribution is 0.0229. The molecule has 2 N–H and O–H groups in total. The number of benzene rings is 2. The number of nitrogens with zero attached hydrogens (tertiary/aromatic N) is 3. The van der Waals surface area contributed by atoms with Crippen molar-refractivity contribution in [3.8, 4) is 0 Å². The third-order valence-electron chi connectivity index (χ3n) is 4.81. The van der Waals surface area contributed by atoms with Crippen molar-refractivity contribution in [3.63, 3.8) is 0 Å². The van der Waals surface area contributed by atoms with Crippen LogP contribution in [0.15, 0.2) is 42.5 Å². The van der Waals surface area contributed by atoms with E-state index >= 15 is 0 Å². The highest BCUT2D eigenvalue weighted by Gasteiger charge is 2.18. The normalized spacial score (nSPS) is 14.8. The Morgan fingerprint density at radius 2 is 1.82 bits per heavy atom. The molecule has 2 aromatic carbocycles. The predicted molar refractivity (Wildman–Crippen MR) is 104 cm³/mol. The van der Waals surface area contributed by atoms with E-state index < -0.39 is 0 Å². The summed E-state index contributed by atoms with van der Waals surface area (Å²) in [6, 6.07) is 11.9. The summed E-state index contributed by atoms with van der Waals surface area (Å²) in [6.07, 6.45) is 1.62. The minimum atomic E-state index is -0.335. The van der Waals surface area contributed by atoms with Gasteiger partial charge in [-0.2, -0.15) is 0 Å². The number of carbonyl (C=O) groups excluding carboxylic acids is 2. The maximum absolute atomic E-state index is 12.5. The van der Waals surface area contributed by atoms with Crippen molar-refractivity contribution in [3.05, 3.63) is 53.6 Å². The number of esters is 1. The van der Waals surface area contributed by atoms with Gasteiger partial charge in [0.05, 0.1) is 11.1 Å². The second kappa shape index (κ2) is 7.77. The molecule has 0 bridgehead atoms. The number of nitrogens with one attached hydrogen (secondary N) is 2. The topological polar surface area (TPSA) is 98.1 Å². The molecule has 4 rings (SSSR count). The van der Waals surface area contributed by atoms with Gasteiger partial charge in [-0.05, 0) is 68.4 Å². The Morgan fingerprint density at radius 1 is 1.11 bits per heavy atom. The van der Waals surface area contributed by atoms with Crippen LogP contribution in [0.3, 0.4) is 0 Å². The van der Waals surface area contributed by atoms with Gasteiger partial charge in [-0.3, -0.25) is 4.79 Å². The van der Waals surface area contributed by atoms with Crippen molar-refractivity contribution in [1.29, 1.82) is 0 Å². The Kier molecular flexibility index (Phi) is 5.03. The smallest absolute Gasteiger partial charge is 0.338 e. The van der Waals surface area contributed by atoms with Crippen LogP contribution in [0.5, 0.6) is 0 Å². The SMILES string of the molecule is Cn1nnc2cc(C(=O)Nc3ccc(C(=O)OC4CCNCC4)cc3)ccc21. The first-order valence-corrected chi connectivity index (χ1v) is 9.23. The molecule has 8 heteroatoms. The standard InChI is InChI=1S/C20H21N5O3/c1-25-18-7-4-14(12-17(18)23-24-25)19(26)22-15-5-2-13(3-6-15)20(27)28-16-8-10-21-11-9-16/h2-7,12,16,21H,8-11H2,1H3,(H,22,26). The third-order valence-corrected chi connectivity index (χ3v) is 4.81. The first-order valence-electron chi connectivity index (χ1n) is 9.23. The minimum absolute atomic E-state index is 0.0378. The van der Waals surface area contributed by atoms with Crippen LogP contribution in [0.4, 0.5) is 5.69 Å². The number of aryl methyl sites for hydroxylation is 1. The number of fused-ring (bicyclic) bond motifs is 1. The highest BCUT2D eigenvalue weighted by atomic mass is 16.5. The van der Waals surface area contributed by atoms with Gasteiger partial charge in [0.2, 0.25) is 0 Å². The van der Waals surface area contributed by atoms with Crippen LogP contribution in [-0.2, 0) is 11.8 Å². The molecule has 1 fully saturated rings. The molecule has 8 nitrogen and oxygen atoms in total. The molecule has 1 aromatic heterocycles. The highest BCUT2D eigenvalue weighted by Crippen LogP contribution is 2.17. The largest absolute Gasteiger partial charge is 0.459 e. The van der Waals surface area contributed by atoms with Crippen molar-refractivity contribution >= 4 is 28.6 Å². The van der Waals surface area contributed by atoms with Gasteiger partial charge in [-0.1, -0.05) is 5.21 Å². The van der Waals surface area contributed by atoms with Crippen LogP contribution in [-0.4, -0.2) is 46.1 Å². The van der Waals surface area contributed by atoms with Gasteiger partial charge >= 0.3 is 5.97 Å². The Morgan fingerprint density at radius 3 is 2.57 bits per heavy atom. The fourth-order valence-corrected chi connectivity index (χ4v) is 3.21. The Balaban J connectivity index is 1.40. The van der Waals surface area contributed by atoms with E-state index in [0.29, 0.717) is 22.3 Å². The maximum Gasteiger partial charge on any atom is 0.338 e. The van der Waals surface area contributed by atoms with E-state index in [1.807, 2.05) is 6.07 Å². The van der Waals surface area contributed by atoms with E-state index in [-0.39, 0.29) is 18.0 Å². The van der Waals surface area contributed by atoms with Crippen molar-refractivity contribution in [2.75, 3.05) is 18.4 Å². The molecular formula is C20H21N5O3. The molecule has 0 unspecified atom stereocenters. The number of ether oxygens (including phenoxy) is 1. The molecule has 0 spiro atoms.